The number of fused-ring (bicyclic) bond motifs is 1. The predicted octanol–water partition coefficient (Wildman–Crippen LogP) is 3.43. The molecule has 144 valence electrons. The van der Waals surface area contributed by atoms with Crippen molar-refractivity contribution < 1.29 is 9.13 Å². The molecular weight excluding hydrogens is 361 g/mol. The van der Waals surface area contributed by atoms with Gasteiger partial charge < -0.3 is 10.5 Å². The highest BCUT2D eigenvalue weighted by molar-refractivity contribution is 7.98. The molecule has 0 amide bonds. The fraction of sp³-hybridized carbons (Fsp3) is 0.429. The van der Waals surface area contributed by atoms with Crippen LogP contribution in [0.3, 0.4) is 0 Å². The van der Waals surface area contributed by atoms with E-state index in [1.807, 2.05) is 31.4 Å². The van der Waals surface area contributed by atoms with Gasteiger partial charge in [-0.1, -0.05) is 31.2 Å². The second-order valence-corrected chi connectivity index (χ2v) is 8.32. The summed E-state index contributed by atoms with van der Waals surface area (Å²) in [5.41, 5.74) is 10.3. The van der Waals surface area contributed by atoms with Gasteiger partial charge in [0.25, 0.3) is 0 Å². The SMILES string of the molecule is CSc1cc(C2=CC3C(NC2C2=CC(C)C(F)C=C2)OCN3C)ccc1N. The molecule has 3 N–H and O–H groups in total. The van der Waals surface area contributed by atoms with Gasteiger partial charge in [0.15, 0.2) is 0 Å². The number of ether oxygens (including phenoxy) is 1. The van der Waals surface area contributed by atoms with E-state index in [1.165, 1.54) is 5.57 Å². The van der Waals surface area contributed by atoms with Crippen molar-refractivity contribution in [3.63, 3.8) is 0 Å². The molecule has 0 spiro atoms. The number of hydrogen-bond donors (Lipinski definition) is 2. The summed E-state index contributed by atoms with van der Waals surface area (Å²) in [6, 6.07) is 6.31. The van der Waals surface area contributed by atoms with E-state index in [1.54, 1.807) is 17.8 Å². The van der Waals surface area contributed by atoms with Crippen molar-refractivity contribution in [1.29, 1.82) is 0 Å². The van der Waals surface area contributed by atoms with Crippen LogP contribution in [-0.2, 0) is 4.74 Å². The van der Waals surface area contributed by atoms with Gasteiger partial charge in [-0.2, -0.15) is 0 Å². The summed E-state index contributed by atoms with van der Waals surface area (Å²) in [6.07, 6.45) is 8.92. The van der Waals surface area contributed by atoms with E-state index in [0.717, 1.165) is 21.7 Å². The number of likely N-dealkylation sites (N-methyl/N-ethyl adjacent to an activating group) is 1. The molecule has 1 aliphatic carbocycles. The van der Waals surface area contributed by atoms with Crippen molar-refractivity contribution in [1.82, 2.24) is 10.2 Å². The van der Waals surface area contributed by atoms with E-state index >= 15 is 0 Å². The monoisotopic (exact) mass is 387 g/mol. The number of nitrogen functional groups attached to an aromatic ring is 1. The minimum Gasteiger partial charge on any atom is -0.398 e. The van der Waals surface area contributed by atoms with E-state index in [9.17, 15) is 4.39 Å². The summed E-state index contributed by atoms with van der Waals surface area (Å²) in [7, 11) is 2.06. The molecule has 2 heterocycles. The number of hydrogen-bond acceptors (Lipinski definition) is 5. The predicted molar refractivity (Wildman–Crippen MR) is 110 cm³/mol. The maximum atomic E-state index is 13.9. The molecule has 6 heteroatoms. The first-order valence-corrected chi connectivity index (χ1v) is 10.5. The summed E-state index contributed by atoms with van der Waals surface area (Å²) in [4.78, 5) is 3.25. The maximum absolute atomic E-state index is 13.9. The number of halogens is 1. The summed E-state index contributed by atoms with van der Waals surface area (Å²) >= 11 is 1.65. The van der Waals surface area contributed by atoms with E-state index in [4.69, 9.17) is 10.5 Å². The van der Waals surface area contributed by atoms with Gasteiger partial charge in [-0.25, -0.2) is 4.39 Å². The highest BCUT2D eigenvalue weighted by Gasteiger charge is 2.39. The van der Waals surface area contributed by atoms with Crippen LogP contribution in [0.2, 0.25) is 0 Å². The van der Waals surface area contributed by atoms with Crippen molar-refractivity contribution in [2.24, 2.45) is 5.92 Å². The minimum absolute atomic E-state index is 0.0396. The van der Waals surface area contributed by atoms with Crippen LogP contribution in [0.5, 0.6) is 0 Å². The van der Waals surface area contributed by atoms with Crippen molar-refractivity contribution in [3.8, 4) is 0 Å². The molecule has 4 nitrogen and oxygen atoms in total. The van der Waals surface area contributed by atoms with Crippen LogP contribution in [0.15, 0.2) is 53.0 Å². The van der Waals surface area contributed by atoms with Crippen LogP contribution < -0.4 is 11.1 Å². The van der Waals surface area contributed by atoms with E-state index in [2.05, 4.69) is 35.5 Å². The quantitative estimate of drug-likeness (QED) is 0.615. The fourth-order valence-electron chi connectivity index (χ4n) is 3.96. The number of rotatable bonds is 3. The van der Waals surface area contributed by atoms with Crippen LogP contribution in [-0.4, -0.2) is 49.4 Å². The fourth-order valence-corrected chi connectivity index (χ4v) is 4.51. The topological polar surface area (TPSA) is 50.5 Å². The molecule has 0 bridgehead atoms. The molecule has 1 saturated heterocycles. The number of thioether (sulfide) groups is 1. The van der Waals surface area contributed by atoms with Gasteiger partial charge in [-0.05, 0) is 48.2 Å². The lowest BCUT2D eigenvalue weighted by molar-refractivity contribution is 0.0688. The highest BCUT2D eigenvalue weighted by atomic mass is 32.2. The summed E-state index contributed by atoms with van der Waals surface area (Å²) in [5.74, 6) is -0.133. The number of nitrogens with zero attached hydrogens (tertiary/aromatic N) is 1. The Labute approximate surface area is 164 Å². The Hall–Kier alpha value is -1.60. The maximum Gasteiger partial charge on any atom is 0.130 e. The van der Waals surface area contributed by atoms with Gasteiger partial charge in [-0.3, -0.25) is 10.2 Å². The van der Waals surface area contributed by atoms with Crippen LogP contribution >= 0.6 is 11.8 Å². The molecule has 1 aromatic carbocycles. The van der Waals surface area contributed by atoms with Gasteiger partial charge in [0.2, 0.25) is 0 Å². The zero-order chi connectivity index (χ0) is 19.1. The molecular formula is C21H26FN3OS. The molecule has 0 radical (unpaired) electrons. The van der Waals surface area contributed by atoms with Crippen LogP contribution in [0.1, 0.15) is 12.5 Å². The third kappa shape index (κ3) is 3.47. The molecule has 5 unspecified atom stereocenters. The molecule has 2 aliphatic heterocycles. The minimum atomic E-state index is -0.925. The normalized spacial score (nSPS) is 33.6. The lowest BCUT2D eigenvalue weighted by atomic mass is 9.83. The second-order valence-electron chi connectivity index (χ2n) is 7.47. The number of nitrogens with one attached hydrogen (secondary N) is 1. The molecule has 1 aromatic rings. The van der Waals surface area contributed by atoms with Crippen LogP contribution in [0, 0.1) is 5.92 Å². The molecule has 5 atom stereocenters. The average Bonchev–Trinajstić information content (AvgIpc) is 3.03. The van der Waals surface area contributed by atoms with E-state index in [0.29, 0.717) is 6.73 Å². The number of benzene rings is 1. The molecule has 1 fully saturated rings. The Kier molecular flexibility index (Phi) is 5.16. The van der Waals surface area contributed by atoms with Gasteiger partial charge >= 0.3 is 0 Å². The first-order valence-electron chi connectivity index (χ1n) is 9.25. The number of allylic oxidation sites excluding steroid dienone is 2. The van der Waals surface area contributed by atoms with Gasteiger partial charge in [0, 0.05) is 16.5 Å². The molecule has 0 saturated carbocycles. The Morgan fingerprint density at radius 2 is 2.15 bits per heavy atom. The Balaban J connectivity index is 1.77. The van der Waals surface area contributed by atoms with Crippen LogP contribution in [0.25, 0.3) is 5.57 Å². The third-order valence-electron chi connectivity index (χ3n) is 5.60. The van der Waals surface area contributed by atoms with Crippen molar-refractivity contribution in [2.75, 3.05) is 25.8 Å². The van der Waals surface area contributed by atoms with Gasteiger partial charge in [0.05, 0.1) is 12.1 Å². The number of nitrogens with two attached hydrogens (primary N) is 1. The average molecular weight is 388 g/mol. The largest absolute Gasteiger partial charge is 0.398 e. The van der Waals surface area contributed by atoms with E-state index < -0.39 is 6.17 Å². The third-order valence-corrected chi connectivity index (χ3v) is 6.39. The molecule has 3 aliphatic rings. The Morgan fingerprint density at radius 1 is 1.33 bits per heavy atom. The first kappa shape index (κ1) is 18.7. The second kappa shape index (κ2) is 7.43. The number of anilines is 1. The van der Waals surface area contributed by atoms with Crippen molar-refractivity contribution in [2.45, 2.75) is 36.3 Å². The molecule has 4 rings (SSSR count). The zero-order valence-electron chi connectivity index (χ0n) is 15.9. The lowest BCUT2D eigenvalue weighted by Gasteiger charge is -2.36. The van der Waals surface area contributed by atoms with E-state index in [-0.39, 0.29) is 24.2 Å². The zero-order valence-corrected chi connectivity index (χ0v) is 16.7. The Morgan fingerprint density at radius 3 is 2.89 bits per heavy atom. The standard InChI is InChI=1S/C21H26FN3OS/c1-12-8-14(4-6-16(12)22)20-15(10-18-21(24-20)26-11-25(18)2)13-5-7-17(23)19(9-13)27-3/h4-10,12,16,18,20-21,24H,11,23H2,1-3H3. The molecule has 0 aromatic heterocycles. The lowest BCUT2D eigenvalue weighted by Crippen LogP contribution is -2.50. The smallest absolute Gasteiger partial charge is 0.130 e. The van der Waals surface area contributed by atoms with Crippen molar-refractivity contribution >= 4 is 23.0 Å². The summed E-state index contributed by atoms with van der Waals surface area (Å²) in [5, 5.41) is 3.64. The first-order chi connectivity index (χ1) is 13.0. The Bertz CT molecular complexity index is 822. The van der Waals surface area contributed by atoms with Crippen LogP contribution in [0.4, 0.5) is 10.1 Å². The van der Waals surface area contributed by atoms with Gasteiger partial charge in [-0.15, -0.1) is 11.8 Å². The summed E-state index contributed by atoms with van der Waals surface area (Å²) < 4.78 is 19.8. The summed E-state index contributed by atoms with van der Waals surface area (Å²) in [6.45, 7) is 2.51. The van der Waals surface area contributed by atoms with Gasteiger partial charge in [0.1, 0.15) is 19.1 Å². The van der Waals surface area contributed by atoms with Crippen molar-refractivity contribution in [3.05, 3.63) is 53.6 Å². The molecule has 27 heavy (non-hydrogen) atoms. The highest BCUT2D eigenvalue weighted by Crippen LogP contribution is 2.36. The number of alkyl halides is 1.